The average Bonchev–Trinajstić information content (AvgIpc) is 3.29. The number of imidazole rings is 1. The summed E-state index contributed by atoms with van der Waals surface area (Å²) in [6.07, 6.45) is 0.398. The van der Waals surface area contributed by atoms with Crippen LogP contribution in [0.2, 0.25) is 0 Å². The minimum atomic E-state index is -0.0460. The molecule has 2 aromatic carbocycles. The predicted molar refractivity (Wildman–Crippen MR) is 115 cm³/mol. The van der Waals surface area contributed by atoms with Gasteiger partial charge in [0.05, 0.1) is 16.7 Å². The second kappa shape index (κ2) is 8.24. The molecule has 0 saturated heterocycles. The highest BCUT2D eigenvalue weighted by atomic mass is 79.9. The van der Waals surface area contributed by atoms with E-state index in [0.29, 0.717) is 17.3 Å². The Bertz CT molecular complexity index is 1040. The van der Waals surface area contributed by atoms with Gasteiger partial charge in [-0.2, -0.15) is 0 Å². The van der Waals surface area contributed by atoms with Crippen molar-refractivity contribution < 1.29 is 4.79 Å². The third kappa shape index (κ3) is 4.58. The number of amides is 1. The molecule has 2 heterocycles. The Morgan fingerprint density at radius 3 is 2.78 bits per heavy atom. The van der Waals surface area contributed by atoms with E-state index >= 15 is 0 Å². The molecular formula is C19H15BrN4OS2. The summed E-state index contributed by atoms with van der Waals surface area (Å²) in [6, 6.07) is 15.8. The fourth-order valence-corrected chi connectivity index (χ4v) is 4.33. The Balaban J connectivity index is 1.30. The maximum Gasteiger partial charge on any atom is 0.226 e. The molecule has 4 aromatic rings. The van der Waals surface area contributed by atoms with Crippen molar-refractivity contribution in [3.8, 4) is 11.3 Å². The van der Waals surface area contributed by atoms with Crippen molar-refractivity contribution in [3.63, 3.8) is 0 Å². The predicted octanol–water partition coefficient (Wildman–Crippen LogP) is 5.57. The van der Waals surface area contributed by atoms with Gasteiger partial charge in [-0.1, -0.05) is 52.0 Å². The number of hydrogen-bond donors (Lipinski definition) is 2. The van der Waals surface area contributed by atoms with Gasteiger partial charge in [-0.25, -0.2) is 9.97 Å². The molecule has 0 bridgehead atoms. The number of hydrogen-bond acceptors (Lipinski definition) is 5. The van der Waals surface area contributed by atoms with E-state index < -0.39 is 0 Å². The molecule has 2 aromatic heterocycles. The molecule has 0 aliphatic rings. The number of thiazole rings is 1. The highest BCUT2D eigenvalue weighted by molar-refractivity contribution is 9.10. The molecule has 27 heavy (non-hydrogen) atoms. The van der Waals surface area contributed by atoms with Crippen molar-refractivity contribution in [2.75, 3.05) is 11.1 Å². The number of nitrogens with one attached hydrogen (secondary N) is 2. The fraction of sp³-hybridized carbons (Fsp3) is 0.105. The maximum atomic E-state index is 12.2. The van der Waals surface area contributed by atoms with Gasteiger partial charge < -0.3 is 10.3 Å². The Kier molecular flexibility index (Phi) is 5.56. The van der Waals surface area contributed by atoms with Gasteiger partial charge in [0.25, 0.3) is 0 Å². The van der Waals surface area contributed by atoms with Crippen molar-refractivity contribution >= 4 is 61.1 Å². The smallest absolute Gasteiger partial charge is 0.226 e. The summed E-state index contributed by atoms with van der Waals surface area (Å²) >= 11 is 6.39. The number of benzene rings is 2. The topological polar surface area (TPSA) is 70.7 Å². The molecule has 0 fully saturated rings. The SMILES string of the molecule is O=C(CCSc1nc2ccccc2[nH]1)Nc1nc(-c2ccc(Br)cc2)cs1. The van der Waals surface area contributed by atoms with Crippen LogP contribution in [0, 0.1) is 0 Å². The number of carbonyl (C=O) groups is 1. The van der Waals surface area contributed by atoms with Crippen LogP contribution in [0.3, 0.4) is 0 Å². The second-order valence-electron chi connectivity index (χ2n) is 5.75. The van der Waals surface area contributed by atoms with E-state index in [9.17, 15) is 4.79 Å². The Morgan fingerprint density at radius 2 is 1.96 bits per heavy atom. The van der Waals surface area contributed by atoms with Crippen molar-refractivity contribution in [3.05, 3.63) is 58.4 Å². The van der Waals surface area contributed by atoms with Crippen molar-refractivity contribution in [1.82, 2.24) is 15.0 Å². The minimum Gasteiger partial charge on any atom is -0.333 e. The second-order valence-corrected chi connectivity index (χ2v) is 8.61. The standard InChI is InChI=1S/C19H15BrN4OS2/c20-13-7-5-12(6-8-13)16-11-27-19(23-16)24-17(25)9-10-26-18-21-14-3-1-2-4-15(14)22-18/h1-8,11H,9-10H2,(H,21,22)(H,23,24,25). The molecule has 0 atom stereocenters. The van der Waals surface area contributed by atoms with Gasteiger partial charge >= 0.3 is 0 Å². The molecule has 0 saturated carbocycles. The molecule has 1 amide bonds. The molecule has 8 heteroatoms. The van der Waals surface area contributed by atoms with E-state index in [1.807, 2.05) is 53.9 Å². The van der Waals surface area contributed by atoms with Crippen LogP contribution in [0.4, 0.5) is 5.13 Å². The van der Waals surface area contributed by atoms with Gasteiger partial charge in [0.1, 0.15) is 0 Å². The molecule has 0 radical (unpaired) electrons. The molecular weight excluding hydrogens is 444 g/mol. The molecule has 0 unspecified atom stereocenters. The first-order chi connectivity index (χ1) is 13.2. The number of rotatable bonds is 6. The molecule has 0 aliphatic heterocycles. The summed E-state index contributed by atoms with van der Waals surface area (Å²) in [5.74, 6) is 0.603. The number of anilines is 1. The molecule has 5 nitrogen and oxygen atoms in total. The van der Waals surface area contributed by atoms with Crippen LogP contribution in [-0.4, -0.2) is 26.6 Å². The van der Waals surface area contributed by atoms with Gasteiger partial charge in [0.15, 0.2) is 10.3 Å². The van der Waals surface area contributed by atoms with Crippen molar-refractivity contribution in [2.24, 2.45) is 0 Å². The zero-order chi connectivity index (χ0) is 18.6. The van der Waals surface area contributed by atoms with E-state index in [4.69, 9.17) is 0 Å². The molecule has 0 spiro atoms. The van der Waals surface area contributed by atoms with E-state index in [0.717, 1.165) is 31.9 Å². The first-order valence-electron chi connectivity index (χ1n) is 8.26. The van der Waals surface area contributed by atoms with Gasteiger partial charge in [0, 0.05) is 27.6 Å². The van der Waals surface area contributed by atoms with Gasteiger partial charge in [0.2, 0.25) is 5.91 Å². The first-order valence-corrected chi connectivity index (χ1v) is 10.9. The summed E-state index contributed by atoms with van der Waals surface area (Å²) < 4.78 is 1.02. The lowest BCUT2D eigenvalue weighted by molar-refractivity contribution is -0.115. The number of H-pyrrole nitrogens is 1. The summed E-state index contributed by atoms with van der Waals surface area (Å²) in [4.78, 5) is 24.4. The van der Waals surface area contributed by atoms with Crippen LogP contribution in [-0.2, 0) is 4.79 Å². The summed E-state index contributed by atoms with van der Waals surface area (Å²) in [5, 5.41) is 6.26. The van der Waals surface area contributed by atoms with Crippen LogP contribution in [0.5, 0.6) is 0 Å². The van der Waals surface area contributed by atoms with E-state index in [2.05, 4.69) is 36.2 Å². The minimum absolute atomic E-state index is 0.0460. The third-order valence-electron chi connectivity index (χ3n) is 3.83. The Hall–Kier alpha value is -2.16. The largest absolute Gasteiger partial charge is 0.333 e. The van der Waals surface area contributed by atoms with E-state index in [1.165, 1.54) is 23.1 Å². The van der Waals surface area contributed by atoms with Crippen molar-refractivity contribution in [2.45, 2.75) is 11.6 Å². The van der Waals surface area contributed by atoms with Crippen LogP contribution in [0.1, 0.15) is 6.42 Å². The zero-order valence-corrected chi connectivity index (χ0v) is 17.3. The number of para-hydroxylation sites is 2. The summed E-state index contributed by atoms with van der Waals surface area (Å²) in [7, 11) is 0. The number of halogens is 1. The van der Waals surface area contributed by atoms with Crippen LogP contribution >= 0.6 is 39.0 Å². The zero-order valence-electron chi connectivity index (χ0n) is 14.1. The van der Waals surface area contributed by atoms with Gasteiger partial charge in [-0.15, -0.1) is 11.3 Å². The quantitative estimate of drug-likeness (QED) is 0.370. The monoisotopic (exact) mass is 458 g/mol. The fourth-order valence-electron chi connectivity index (χ4n) is 2.50. The number of aromatic nitrogens is 3. The first kappa shape index (κ1) is 18.2. The average molecular weight is 459 g/mol. The lowest BCUT2D eigenvalue weighted by Crippen LogP contribution is -2.11. The number of thioether (sulfide) groups is 1. The lowest BCUT2D eigenvalue weighted by atomic mass is 10.2. The summed E-state index contributed by atoms with van der Waals surface area (Å²) in [6.45, 7) is 0. The van der Waals surface area contributed by atoms with Gasteiger partial charge in [-0.3, -0.25) is 4.79 Å². The highest BCUT2D eigenvalue weighted by Crippen LogP contribution is 2.26. The third-order valence-corrected chi connectivity index (χ3v) is 5.99. The van der Waals surface area contributed by atoms with Gasteiger partial charge in [-0.05, 0) is 24.3 Å². The normalized spacial score (nSPS) is 11.0. The van der Waals surface area contributed by atoms with E-state index in [1.54, 1.807) is 0 Å². The van der Waals surface area contributed by atoms with Crippen LogP contribution in [0.15, 0.2) is 63.5 Å². The van der Waals surface area contributed by atoms with Crippen LogP contribution < -0.4 is 5.32 Å². The highest BCUT2D eigenvalue weighted by Gasteiger charge is 2.09. The molecule has 2 N–H and O–H groups in total. The molecule has 136 valence electrons. The Morgan fingerprint density at radius 1 is 1.15 bits per heavy atom. The lowest BCUT2D eigenvalue weighted by Gasteiger charge is -2.01. The number of fused-ring (bicyclic) bond motifs is 1. The number of nitrogens with zero attached hydrogens (tertiary/aromatic N) is 2. The molecule has 0 aliphatic carbocycles. The number of aromatic amines is 1. The maximum absolute atomic E-state index is 12.2. The van der Waals surface area contributed by atoms with Crippen molar-refractivity contribution in [1.29, 1.82) is 0 Å². The molecule has 4 rings (SSSR count). The summed E-state index contributed by atoms with van der Waals surface area (Å²) in [5.41, 5.74) is 3.83. The van der Waals surface area contributed by atoms with Crippen LogP contribution in [0.25, 0.3) is 22.3 Å². The number of carbonyl (C=O) groups excluding carboxylic acids is 1. The van der Waals surface area contributed by atoms with E-state index in [-0.39, 0.29) is 5.91 Å². The Labute approximate surface area is 172 Å².